The number of methoxy groups -OCH3 is 2. The van der Waals surface area contributed by atoms with Gasteiger partial charge in [0.05, 0.1) is 14.2 Å². The Morgan fingerprint density at radius 3 is 2.29 bits per heavy atom. The lowest BCUT2D eigenvalue weighted by molar-refractivity contribution is -0.120. The molecule has 0 bridgehead atoms. The van der Waals surface area contributed by atoms with Crippen molar-refractivity contribution >= 4 is 5.91 Å². The van der Waals surface area contributed by atoms with E-state index in [2.05, 4.69) is 0 Å². The van der Waals surface area contributed by atoms with Crippen molar-refractivity contribution in [2.24, 2.45) is 16.9 Å². The fourth-order valence-corrected chi connectivity index (χ4v) is 2.40. The van der Waals surface area contributed by atoms with E-state index < -0.39 is 23.2 Å². The molecule has 1 atom stereocenters. The molecule has 0 saturated carbocycles. The molecule has 0 heterocycles. The number of carbonyl (C=O) groups is 1. The third-order valence-corrected chi connectivity index (χ3v) is 3.33. The second kappa shape index (κ2) is 6.76. The third-order valence-electron chi connectivity index (χ3n) is 3.33. The Balaban J connectivity index is 3.02. The Morgan fingerprint density at radius 2 is 1.81 bits per heavy atom. The van der Waals surface area contributed by atoms with E-state index in [-0.39, 0.29) is 6.42 Å². The van der Waals surface area contributed by atoms with Gasteiger partial charge in [-0.05, 0) is 17.9 Å². The molecule has 4 N–H and O–H groups in total. The number of benzene rings is 1. The van der Waals surface area contributed by atoms with E-state index in [4.69, 9.17) is 20.9 Å². The lowest BCUT2D eigenvalue weighted by atomic mass is 9.81. The summed E-state index contributed by atoms with van der Waals surface area (Å²) in [5.74, 6) is -0.144. The summed E-state index contributed by atoms with van der Waals surface area (Å²) < 4.78 is 24.3. The topological polar surface area (TPSA) is 87.6 Å². The van der Waals surface area contributed by atoms with Crippen molar-refractivity contribution in [2.45, 2.75) is 32.7 Å². The summed E-state index contributed by atoms with van der Waals surface area (Å²) in [4.78, 5) is 11.1. The Kier molecular flexibility index (Phi) is 5.54. The molecule has 118 valence electrons. The first-order valence-corrected chi connectivity index (χ1v) is 6.65. The molecule has 1 rings (SSSR count). The molecular weight excluding hydrogens is 275 g/mol. The van der Waals surface area contributed by atoms with Gasteiger partial charge >= 0.3 is 0 Å². The first kappa shape index (κ1) is 17.2. The van der Waals surface area contributed by atoms with Crippen LogP contribution in [0.4, 0.5) is 4.39 Å². The number of hydrogen-bond donors (Lipinski definition) is 2. The van der Waals surface area contributed by atoms with Gasteiger partial charge in [0.15, 0.2) is 11.5 Å². The van der Waals surface area contributed by atoms with Crippen molar-refractivity contribution < 1.29 is 18.7 Å². The predicted molar refractivity (Wildman–Crippen MR) is 78.6 cm³/mol. The number of halogens is 1. The largest absolute Gasteiger partial charge is 0.493 e. The second-order valence-electron chi connectivity index (χ2n) is 5.85. The molecule has 0 aliphatic rings. The number of rotatable bonds is 7. The normalized spacial score (nSPS) is 12.9. The number of hydrogen-bond acceptors (Lipinski definition) is 4. The standard InChI is InChI=1S/C15H23FN2O3/c1-15(2,8-14(18)19)7-11(17)9-5-12(20-3)13(21-4)6-10(9)16/h5-6,11H,7-8,17H2,1-4H3,(H2,18,19). The Bertz CT molecular complexity index is 518. The molecular formula is C15H23FN2O3. The SMILES string of the molecule is COc1cc(F)c(C(N)CC(C)(C)CC(N)=O)cc1OC. The molecule has 6 heteroatoms. The number of carbonyl (C=O) groups excluding carboxylic acids is 1. The van der Waals surface area contributed by atoms with Crippen LogP contribution in [0.15, 0.2) is 12.1 Å². The molecule has 0 radical (unpaired) electrons. The Hall–Kier alpha value is -1.82. The lowest BCUT2D eigenvalue weighted by Crippen LogP contribution is -2.27. The summed E-state index contributed by atoms with van der Waals surface area (Å²) >= 11 is 0. The number of primary amides is 1. The molecule has 0 aliphatic carbocycles. The fourth-order valence-electron chi connectivity index (χ4n) is 2.40. The van der Waals surface area contributed by atoms with E-state index in [1.807, 2.05) is 13.8 Å². The summed E-state index contributed by atoms with van der Waals surface area (Å²) in [5.41, 5.74) is 11.2. The van der Waals surface area contributed by atoms with Crippen molar-refractivity contribution in [3.63, 3.8) is 0 Å². The number of ether oxygens (including phenoxy) is 2. The van der Waals surface area contributed by atoms with Gasteiger partial charge in [-0.1, -0.05) is 13.8 Å². The van der Waals surface area contributed by atoms with Gasteiger partial charge < -0.3 is 20.9 Å². The van der Waals surface area contributed by atoms with Crippen molar-refractivity contribution in [3.8, 4) is 11.5 Å². The van der Waals surface area contributed by atoms with Crippen LogP contribution in [-0.4, -0.2) is 20.1 Å². The van der Waals surface area contributed by atoms with Crippen LogP contribution in [0.5, 0.6) is 11.5 Å². The van der Waals surface area contributed by atoms with E-state index in [0.717, 1.165) is 0 Å². The Morgan fingerprint density at radius 1 is 1.29 bits per heavy atom. The zero-order valence-electron chi connectivity index (χ0n) is 12.9. The molecule has 0 aliphatic heterocycles. The molecule has 1 aromatic carbocycles. The Labute approximate surface area is 124 Å². The summed E-state index contributed by atoms with van der Waals surface area (Å²) in [6.45, 7) is 3.74. The summed E-state index contributed by atoms with van der Waals surface area (Å²) in [6.07, 6.45) is 0.609. The average molecular weight is 298 g/mol. The van der Waals surface area contributed by atoms with Gasteiger partial charge in [0, 0.05) is 24.1 Å². The highest BCUT2D eigenvalue weighted by atomic mass is 19.1. The number of amides is 1. The van der Waals surface area contributed by atoms with Gasteiger partial charge in [-0.2, -0.15) is 0 Å². The van der Waals surface area contributed by atoms with Crippen LogP contribution >= 0.6 is 0 Å². The van der Waals surface area contributed by atoms with E-state index in [1.54, 1.807) is 0 Å². The van der Waals surface area contributed by atoms with Gasteiger partial charge in [-0.15, -0.1) is 0 Å². The zero-order chi connectivity index (χ0) is 16.2. The minimum absolute atomic E-state index is 0.190. The van der Waals surface area contributed by atoms with Gasteiger partial charge in [-0.25, -0.2) is 4.39 Å². The van der Waals surface area contributed by atoms with Crippen LogP contribution < -0.4 is 20.9 Å². The van der Waals surface area contributed by atoms with E-state index in [9.17, 15) is 9.18 Å². The highest BCUT2D eigenvalue weighted by Gasteiger charge is 2.26. The zero-order valence-corrected chi connectivity index (χ0v) is 12.9. The van der Waals surface area contributed by atoms with Crippen LogP contribution in [0.2, 0.25) is 0 Å². The van der Waals surface area contributed by atoms with E-state index >= 15 is 0 Å². The first-order chi connectivity index (χ1) is 9.70. The van der Waals surface area contributed by atoms with Crippen molar-refractivity contribution in [1.82, 2.24) is 0 Å². The third kappa shape index (κ3) is 4.60. The van der Waals surface area contributed by atoms with E-state index in [1.165, 1.54) is 26.4 Å². The predicted octanol–water partition coefficient (Wildman–Crippen LogP) is 2.13. The van der Waals surface area contributed by atoms with Crippen LogP contribution in [-0.2, 0) is 4.79 Å². The van der Waals surface area contributed by atoms with Crippen LogP contribution in [0.25, 0.3) is 0 Å². The minimum Gasteiger partial charge on any atom is -0.493 e. The van der Waals surface area contributed by atoms with Crippen molar-refractivity contribution in [2.75, 3.05) is 14.2 Å². The molecule has 5 nitrogen and oxygen atoms in total. The summed E-state index contributed by atoms with van der Waals surface area (Å²) in [6, 6.07) is 2.20. The van der Waals surface area contributed by atoms with Crippen LogP contribution in [0.3, 0.4) is 0 Å². The molecule has 0 fully saturated rings. The molecule has 0 spiro atoms. The lowest BCUT2D eigenvalue weighted by Gasteiger charge is -2.27. The second-order valence-corrected chi connectivity index (χ2v) is 5.85. The fraction of sp³-hybridized carbons (Fsp3) is 0.533. The minimum atomic E-state index is -0.570. The van der Waals surface area contributed by atoms with Gasteiger partial charge in [-0.3, -0.25) is 4.79 Å². The smallest absolute Gasteiger partial charge is 0.217 e. The van der Waals surface area contributed by atoms with Crippen LogP contribution in [0.1, 0.15) is 38.3 Å². The van der Waals surface area contributed by atoms with Gasteiger partial charge in [0.2, 0.25) is 5.91 Å². The summed E-state index contributed by atoms with van der Waals surface area (Å²) in [5, 5.41) is 0. The molecule has 0 aromatic heterocycles. The average Bonchev–Trinajstić information content (AvgIpc) is 2.35. The first-order valence-electron chi connectivity index (χ1n) is 6.65. The highest BCUT2D eigenvalue weighted by molar-refractivity contribution is 5.74. The van der Waals surface area contributed by atoms with Gasteiger partial charge in [0.25, 0.3) is 0 Å². The highest BCUT2D eigenvalue weighted by Crippen LogP contribution is 2.36. The maximum Gasteiger partial charge on any atom is 0.217 e. The van der Waals surface area contributed by atoms with Crippen LogP contribution in [0, 0.1) is 11.2 Å². The summed E-state index contributed by atoms with van der Waals surface area (Å²) in [7, 11) is 2.91. The molecule has 1 amide bonds. The maximum atomic E-state index is 14.1. The van der Waals surface area contributed by atoms with Crippen molar-refractivity contribution in [1.29, 1.82) is 0 Å². The maximum absolute atomic E-state index is 14.1. The van der Waals surface area contributed by atoms with Crippen molar-refractivity contribution in [3.05, 3.63) is 23.5 Å². The van der Waals surface area contributed by atoms with Gasteiger partial charge in [0.1, 0.15) is 5.82 Å². The molecule has 0 saturated heterocycles. The van der Waals surface area contributed by atoms with E-state index in [0.29, 0.717) is 23.5 Å². The monoisotopic (exact) mass is 298 g/mol. The molecule has 1 unspecified atom stereocenters. The number of nitrogens with two attached hydrogens (primary N) is 2. The molecule has 1 aromatic rings. The quantitative estimate of drug-likeness (QED) is 0.807. The molecule has 21 heavy (non-hydrogen) atoms.